The highest BCUT2D eigenvalue weighted by Crippen LogP contribution is 2.18. The minimum Gasteiger partial charge on any atom is -0.494 e. The SMILES string of the molecule is CCCCCCCCOc1ccc(C=Cc2ccc(C=Cc3ccc(OCCCCCCCC)cc3)cc2)cc1. The van der Waals surface area contributed by atoms with Gasteiger partial charge in [0.2, 0.25) is 0 Å². The Kier molecular flexibility index (Phi) is 15.4. The molecule has 0 saturated carbocycles. The zero-order valence-corrected chi connectivity index (χ0v) is 25.0. The summed E-state index contributed by atoms with van der Waals surface area (Å²) in [5.41, 5.74) is 4.73. The van der Waals surface area contributed by atoms with Crippen molar-refractivity contribution in [1.29, 1.82) is 0 Å². The van der Waals surface area contributed by atoms with E-state index in [1.165, 1.54) is 86.5 Å². The Morgan fingerprint density at radius 1 is 0.375 bits per heavy atom. The highest BCUT2D eigenvalue weighted by molar-refractivity contribution is 5.73. The largest absolute Gasteiger partial charge is 0.494 e. The van der Waals surface area contributed by atoms with Crippen molar-refractivity contribution in [3.63, 3.8) is 0 Å². The van der Waals surface area contributed by atoms with Crippen molar-refractivity contribution in [3.05, 3.63) is 95.1 Å². The molecule has 0 heterocycles. The lowest BCUT2D eigenvalue weighted by molar-refractivity contribution is 0.304. The lowest BCUT2D eigenvalue weighted by atomic mass is 10.1. The fourth-order valence-corrected chi connectivity index (χ4v) is 4.60. The molecule has 0 bridgehead atoms. The fourth-order valence-electron chi connectivity index (χ4n) is 4.60. The first-order valence-electron chi connectivity index (χ1n) is 15.7. The number of benzene rings is 3. The Morgan fingerprint density at radius 2 is 0.650 bits per heavy atom. The summed E-state index contributed by atoms with van der Waals surface area (Å²) in [6, 6.07) is 25.4. The van der Waals surface area contributed by atoms with Crippen LogP contribution >= 0.6 is 0 Å². The first-order valence-corrected chi connectivity index (χ1v) is 15.7. The van der Waals surface area contributed by atoms with Crippen molar-refractivity contribution >= 4 is 24.3 Å². The molecule has 0 aliphatic heterocycles. The lowest BCUT2D eigenvalue weighted by Gasteiger charge is -2.06. The Balaban J connectivity index is 1.36. The van der Waals surface area contributed by atoms with Crippen LogP contribution in [0.25, 0.3) is 24.3 Å². The molecule has 0 atom stereocenters. The molecule has 2 heteroatoms. The lowest BCUT2D eigenvalue weighted by Crippen LogP contribution is -1.97. The standard InChI is InChI=1S/C38H50O2/c1-3-5-7-9-11-13-31-39-37-27-23-35(24-28-37)21-19-33-15-17-34(18-16-33)20-22-36-25-29-38(30-26-36)40-32-14-12-10-8-6-4-2/h15-30H,3-14,31-32H2,1-2H3. The number of unbranched alkanes of at least 4 members (excludes halogenated alkanes) is 10. The third-order valence-corrected chi connectivity index (χ3v) is 7.17. The van der Waals surface area contributed by atoms with Gasteiger partial charge in [-0.05, 0) is 59.4 Å². The van der Waals surface area contributed by atoms with Crippen LogP contribution < -0.4 is 9.47 Å². The smallest absolute Gasteiger partial charge is 0.119 e. The molecule has 0 spiro atoms. The fraction of sp³-hybridized carbons (Fsp3) is 0.421. The summed E-state index contributed by atoms with van der Waals surface area (Å²) < 4.78 is 11.8. The van der Waals surface area contributed by atoms with Gasteiger partial charge in [-0.2, -0.15) is 0 Å². The van der Waals surface area contributed by atoms with Gasteiger partial charge in [0.25, 0.3) is 0 Å². The molecular weight excluding hydrogens is 488 g/mol. The van der Waals surface area contributed by atoms with Crippen LogP contribution in [0.2, 0.25) is 0 Å². The molecule has 0 saturated heterocycles. The molecule has 0 unspecified atom stereocenters. The second-order valence-corrected chi connectivity index (χ2v) is 10.7. The van der Waals surface area contributed by atoms with Gasteiger partial charge in [-0.1, -0.05) is 151 Å². The normalized spacial score (nSPS) is 11.4. The van der Waals surface area contributed by atoms with E-state index in [4.69, 9.17) is 9.47 Å². The number of rotatable bonds is 20. The van der Waals surface area contributed by atoms with Gasteiger partial charge < -0.3 is 9.47 Å². The summed E-state index contributed by atoms with van der Waals surface area (Å²) in [6.07, 6.45) is 24.0. The van der Waals surface area contributed by atoms with E-state index < -0.39 is 0 Å². The van der Waals surface area contributed by atoms with Crippen LogP contribution in [-0.4, -0.2) is 13.2 Å². The van der Waals surface area contributed by atoms with E-state index in [0.717, 1.165) is 37.6 Å². The van der Waals surface area contributed by atoms with Crippen LogP contribution in [0.4, 0.5) is 0 Å². The highest BCUT2D eigenvalue weighted by atomic mass is 16.5. The van der Waals surface area contributed by atoms with Crippen molar-refractivity contribution in [2.24, 2.45) is 0 Å². The minimum atomic E-state index is 0.807. The molecule has 3 aromatic carbocycles. The van der Waals surface area contributed by atoms with E-state index in [9.17, 15) is 0 Å². The molecule has 214 valence electrons. The average Bonchev–Trinajstić information content (AvgIpc) is 3.00. The highest BCUT2D eigenvalue weighted by Gasteiger charge is 1.97. The zero-order chi connectivity index (χ0) is 28.1. The molecule has 3 rings (SSSR count). The van der Waals surface area contributed by atoms with Crippen molar-refractivity contribution in [2.45, 2.75) is 90.9 Å². The van der Waals surface area contributed by atoms with Crippen molar-refractivity contribution in [2.75, 3.05) is 13.2 Å². The minimum absolute atomic E-state index is 0.807. The molecule has 0 fully saturated rings. The van der Waals surface area contributed by atoms with Crippen LogP contribution in [0.15, 0.2) is 72.8 Å². The Bertz CT molecular complexity index is 1000. The Morgan fingerprint density at radius 3 is 0.975 bits per heavy atom. The Labute approximate surface area is 244 Å². The molecular formula is C38H50O2. The monoisotopic (exact) mass is 538 g/mol. The summed E-state index contributed by atoms with van der Waals surface area (Å²) >= 11 is 0. The molecule has 0 aliphatic carbocycles. The summed E-state index contributed by atoms with van der Waals surface area (Å²) in [4.78, 5) is 0. The first kappa shape index (κ1) is 31.3. The molecule has 0 amide bonds. The van der Waals surface area contributed by atoms with Gasteiger partial charge in [-0.15, -0.1) is 0 Å². The Hall–Kier alpha value is -3.26. The number of hydrogen-bond donors (Lipinski definition) is 0. The second-order valence-electron chi connectivity index (χ2n) is 10.7. The van der Waals surface area contributed by atoms with Crippen molar-refractivity contribution < 1.29 is 9.47 Å². The van der Waals surface area contributed by atoms with Gasteiger partial charge in [-0.25, -0.2) is 0 Å². The molecule has 0 radical (unpaired) electrons. The predicted octanol–water partition coefficient (Wildman–Crippen LogP) is 11.5. The maximum Gasteiger partial charge on any atom is 0.119 e. The number of ether oxygens (including phenoxy) is 2. The summed E-state index contributed by atoms with van der Waals surface area (Å²) in [5.74, 6) is 1.91. The molecule has 0 aliphatic rings. The molecule has 0 N–H and O–H groups in total. The molecule has 0 aromatic heterocycles. The molecule has 40 heavy (non-hydrogen) atoms. The zero-order valence-electron chi connectivity index (χ0n) is 25.0. The van der Waals surface area contributed by atoms with E-state index in [2.05, 4.69) is 111 Å². The third-order valence-electron chi connectivity index (χ3n) is 7.17. The van der Waals surface area contributed by atoms with Crippen LogP contribution in [0.5, 0.6) is 11.5 Å². The topological polar surface area (TPSA) is 18.5 Å². The maximum atomic E-state index is 5.90. The van der Waals surface area contributed by atoms with Gasteiger partial charge in [-0.3, -0.25) is 0 Å². The third kappa shape index (κ3) is 13.2. The second kappa shape index (κ2) is 19.7. The maximum absolute atomic E-state index is 5.90. The van der Waals surface area contributed by atoms with Crippen molar-refractivity contribution in [1.82, 2.24) is 0 Å². The quantitative estimate of drug-likeness (QED) is 0.105. The summed E-state index contributed by atoms with van der Waals surface area (Å²) in [5, 5.41) is 0. The number of hydrogen-bond acceptors (Lipinski definition) is 2. The van der Waals surface area contributed by atoms with Gasteiger partial charge in [0.05, 0.1) is 13.2 Å². The first-order chi connectivity index (χ1) is 19.8. The van der Waals surface area contributed by atoms with Crippen molar-refractivity contribution in [3.8, 4) is 11.5 Å². The predicted molar refractivity (Wildman–Crippen MR) is 175 cm³/mol. The molecule has 2 nitrogen and oxygen atoms in total. The average molecular weight is 539 g/mol. The summed E-state index contributed by atoms with van der Waals surface area (Å²) in [6.45, 7) is 6.12. The van der Waals surface area contributed by atoms with Crippen LogP contribution in [0.1, 0.15) is 113 Å². The van der Waals surface area contributed by atoms with E-state index in [0.29, 0.717) is 0 Å². The van der Waals surface area contributed by atoms with E-state index in [1.54, 1.807) is 0 Å². The van der Waals surface area contributed by atoms with Gasteiger partial charge in [0.15, 0.2) is 0 Å². The van der Waals surface area contributed by atoms with Crippen LogP contribution in [0.3, 0.4) is 0 Å². The van der Waals surface area contributed by atoms with Gasteiger partial charge >= 0.3 is 0 Å². The van der Waals surface area contributed by atoms with E-state index >= 15 is 0 Å². The molecule has 3 aromatic rings. The summed E-state index contributed by atoms with van der Waals surface area (Å²) in [7, 11) is 0. The van der Waals surface area contributed by atoms with Gasteiger partial charge in [0, 0.05) is 0 Å². The van der Waals surface area contributed by atoms with Crippen LogP contribution in [0, 0.1) is 0 Å². The van der Waals surface area contributed by atoms with E-state index in [-0.39, 0.29) is 0 Å². The van der Waals surface area contributed by atoms with E-state index in [1.807, 2.05) is 0 Å². The van der Waals surface area contributed by atoms with Crippen LogP contribution in [-0.2, 0) is 0 Å². The van der Waals surface area contributed by atoms with Gasteiger partial charge in [0.1, 0.15) is 11.5 Å².